The van der Waals surface area contributed by atoms with Crippen LogP contribution in [0.2, 0.25) is 0 Å². The summed E-state index contributed by atoms with van der Waals surface area (Å²) < 4.78 is 3.41. The molecule has 19 heavy (non-hydrogen) atoms. The van der Waals surface area contributed by atoms with Gasteiger partial charge in [0.2, 0.25) is 0 Å². The molecule has 0 aliphatic carbocycles. The molecule has 0 saturated carbocycles. The van der Waals surface area contributed by atoms with E-state index >= 15 is 0 Å². The molecule has 0 amide bonds. The van der Waals surface area contributed by atoms with Gasteiger partial charge in [-0.05, 0) is 24.5 Å². The number of hydrogen-bond donors (Lipinski definition) is 1. The largest absolute Gasteiger partial charge is 0.328 e. The Morgan fingerprint density at radius 3 is 2.58 bits per heavy atom. The highest BCUT2D eigenvalue weighted by molar-refractivity contribution is 5.28. The Morgan fingerprint density at radius 1 is 1.21 bits per heavy atom. The molecule has 102 valence electrons. The van der Waals surface area contributed by atoms with E-state index in [0.717, 1.165) is 24.1 Å². The SMILES string of the molecule is CCCn1ccn(CC(N)c2ccccc2C)c1=O. The fraction of sp³-hybridized carbons (Fsp3) is 0.400. The van der Waals surface area contributed by atoms with Gasteiger partial charge in [-0.3, -0.25) is 9.13 Å². The molecule has 1 aromatic heterocycles. The maximum atomic E-state index is 12.1. The van der Waals surface area contributed by atoms with Gasteiger partial charge in [0.25, 0.3) is 0 Å². The van der Waals surface area contributed by atoms with Gasteiger partial charge in [-0.25, -0.2) is 4.79 Å². The highest BCUT2D eigenvalue weighted by Crippen LogP contribution is 2.16. The van der Waals surface area contributed by atoms with Gasteiger partial charge in [0.15, 0.2) is 0 Å². The number of imidazole rings is 1. The molecule has 1 heterocycles. The van der Waals surface area contributed by atoms with Crippen molar-refractivity contribution in [2.45, 2.75) is 39.4 Å². The van der Waals surface area contributed by atoms with Crippen LogP contribution in [0.25, 0.3) is 0 Å². The van der Waals surface area contributed by atoms with Crippen molar-refractivity contribution in [3.05, 3.63) is 58.3 Å². The molecule has 0 radical (unpaired) electrons. The number of aromatic nitrogens is 2. The number of nitrogens with two attached hydrogens (primary N) is 1. The smallest absolute Gasteiger partial charge is 0.322 e. The first-order chi connectivity index (χ1) is 9.13. The lowest BCUT2D eigenvalue weighted by molar-refractivity contribution is 0.539. The van der Waals surface area contributed by atoms with Crippen LogP contribution in [-0.2, 0) is 13.1 Å². The normalized spacial score (nSPS) is 12.6. The lowest BCUT2D eigenvalue weighted by Crippen LogP contribution is -2.28. The second-order valence-corrected chi connectivity index (χ2v) is 4.89. The number of hydrogen-bond acceptors (Lipinski definition) is 2. The summed E-state index contributed by atoms with van der Waals surface area (Å²) in [6.07, 6.45) is 4.60. The molecule has 0 spiro atoms. The lowest BCUT2D eigenvalue weighted by Gasteiger charge is -2.14. The fourth-order valence-electron chi connectivity index (χ4n) is 2.32. The summed E-state index contributed by atoms with van der Waals surface area (Å²) in [6, 6.07) is 7.88. The summed E-state index contributed by atoms with van der Waals surface area (Å²) in [7, 11) is 0. The number of rotatable bonds is 5. The summed E-state index contributed by atoms with van der Waals surface area (Å²) in [4.78, 5) is 12.1. The summed E-state index contributed by atoms with van der Waals surface area (Å²) in [5.41, 5.74) is 8.49. The van der Waals surface area contributed by atoms with Crippen molar-refractivity contribution in [3.63, 3.8) is 0 Å². The zero-order valence-electron chi connectivity index (χ0n) is 11.5. The average molecular weight is 259 g/mol. The van der Waals surface area contributed by atoms with Crippen LogP contribution in [-0.4, -0.2) is 9.13 Å². The molecule has 2 aromatic rings. The molecule has 0 aliphatic heterocycles. The second-order valence-electron chi connectivity index (χ2n) is 4.89. The predicted molar refractivity (Wildman–Crippen MR) is 77.1 cm³/mol. The first-order valence-electron chi connectivity index (χ1n) is 6.70. The Hall–Kier alpha value is -1.81. The average Bonchev–Trinajstić information content (AvgIpc) is 2.72. The van der Waals surface area contributed by atoms with E-state index in [-0.39, 0.29) is 11.7 Å². The van der Waals surface area contributed by atoms with E-state index in [1.807, 2.05) is 43.6 Å². The molecule has 2 rings (SSSR count). The molecule has 0 bridgehead atoms. The molecule has 0 aliphatic rings. The van der Waals surface area contributed by atoms with E-state index in [0.29, 0.717) is 6.54 Å². The Kier molecular flexibility index (Phi) is 4.22. The van der Waals surface area contributed by atoms with E-state index in [9.17, 15) is 4.79 Å². The van der Waals surface area contributed by atoms with E-state index in [1.165, 1.54) is 0 Å². The van der Waals surface area contributed by atoms with Gasteiger partial charge in [0.1, 0.15) is 0 Å². The zero-order valence-corrected chi connectivity index (χ0v) is 11.5. The van der Waals surface area contributed by atoms with Crippen molar-refractivity contribution >= 4 is 0 Å². The first kappa shape index (κ1) is 13.6. The third kappa shape index (κ3) is 2.96. The highest BCUT2D eigenvalue weighted by Gasteiger charge is 2.11. The fourth-order valence-corrected chi connectivity index (χ4v) is 2.32. The van der Waals surface area contributed by atoms with Gasteiger partial charge in [-0.1, -0.05) is 31.2 Å². The van der Waals surface area contributed by atoms with E-state index in [1.54, 1.807) is 9.13 Å². The third-order valence-electron chi connectivity index (χ3n) is 3.36. The molecule has 1 atom stereocenters. The number of aryl methyl sites for hydroxylation is 2. The molecule has 0 fully saturated rings. The monoisotopic (exact) mass is 259 g/mol. The number of nitrogens with zero attached hydrogens (tertiary/aromatic N) is 2. The molecule has 1 aromatic carbocycles. The highest BCUT2D eigenvalue weighted by atomic mass is 16.1. The summed E-state index contributed by atoms with van der Waals surface area (Å²) in [5, 5.41) is 0. The van der Waals surface area contributed by atoms with Crippen LogP contribution in [0.1, 0.15) is 30.5 Å². The molecular formula is C15H21N3O. The Labute approximate surface area is 113 Å². The van der Waals surface area contributed by atoms with Crippen LogP contribution >= 0.6 is 0 Å². The Bertz CT molecular complexity index is 597. The van der Waals surface area contributed by atoms with Crippen LogP contribution in [0, 0.1) is 6.92 Å². The maximum Gasteiger partial charge on any atom is 0.328 e. The minimum Gasteiger partial charge on any atom is -0.322 e. The van der Waals surface area contributed by atoms with Crippen LogP contribution in [0.15, 0.2) is 41.5 Å². The first-order valence-corrected chi connectivity index (χ1v) is 6.70. The van der Waals surface area contributed by atoms with Crippen molar-refractivity contribution in [2.75, 3.05) is 0 Å². The predicted octanol–water partition coefficient (Wildman–Crippen LogP) is 2.07. The minimum atomic E-state index is -0.156. The van der Waals surface area contributed by atoms with Gasteiger partial charge in [-0.15, -0.1) is 0 Å². The molecule has 4 heteroatoms. The van der Waals surface area contributed by atoms with E-state index in [2.05, 4.69) is 6.92 Å². The van der Waals surface area contributed by atoms with Gasteiger partial charge < -0.3 is 5.73 Å². The Morgan fingerprint density at radius 2 is 1.89 bits per heavy atom. The summed E-state index contributed by atoms with van der Waals surface area (Å²) in [6.45, 7) is 5.37. The molecule has 0 saturated heterocycles. The van der Waals surface area contributed by atoms with E-state index in [4.69, 9.17) is 5.73 Å². The van der Waals surface area contributed by atoms with Crippen LogP contribution in [0.5, 0.6) is 0 Å². The quantitative estimate of drug-likeness (QED) is 0.893. The standard InChI is InChI=1S/C15H21N3O/c1-3-8-17-9-10-18(15(17)19)11-14(16)13-7-5-4-6-12(13)2/h4-7,9-10,14H,3,8,11,16H2,1-2H3. The van der Waals surface area contributed by atoms with Crippen LogP contribution in [0.4, 0.5) is 0 Å². The number of benzene rings is 1. The van der Waals surface area contributed by atoms with Gasteiger partial charge >= 0.3 is 5.69 Å². The molecular weight excluding hydrogens is 238 g/mol. The van der Waals surface area contributed by atoms with Crippen LogP contribution < -0.4 is 11.4 Å². The van der Waals surface area contributed by atoms with Crippen LogP contribution in [0.3, 0.4) is 0 Å². The Balaban J connectivity index is 2.18. The van der Waals surface area contributed by atoms with Gasteiger partial charge in [0.05, 0.1) is 0 Å². The van der Waals surface area contributed by atoms with Gasteiger partial charge in [0, 0.05) is 31.5 Å². The van der Waals surface area contributed by atoms with Crippen molar-refractivity contribution in [3.8, 4) is 0 Å². The van der Waals surface area contributed by atoms with E-state index < -0.39 is 0 Å². The molecule has 4 nitrogen and oxygen atoms in total. The second kappa shape index (κ2) is 5.89. The summed E-state index contributed by atoms with van der Waals surface area (Å²) >= 11 is 0. The topological polar surface area (TPSA) is 52.9 Å². The van der Waals surface area contributed by atoms with Crippen molar-refractivity contribution in [1.82, 2.24) is 9.13 Å². The van der Waals surface area contributed by atoms with Crippen molar-refractivity contribution in [1.29, 1.82) is 0 Å². The molecule has 2 N–H and O–H groups in total. The summed E-state index contributed by atoms with van der Waals surface area (Å²) in [5.74, 6) is 0. The van der Waals surface area contributed by atoms with Gasteiger partial charge in [-0.2, -0.15) is 0 Å². The molecule has 1 unspecified atom stereocenters. The van der Waals surface area contributed by atoms with Crippen molar-refractivity contribution in [2.24, 2.45) is 5.73 Å². The third-order valence-corrected chi connectivity index (χ3v) is 3.36. The maximum absolute atomic E-state index is 12.1. The van der Waals surface area contributed by atoms with Crippen molar-refractivity contribution < 1.29 is 0 Å². The lowest BCUT2D eigenvalue weighted by atomic mass is 10.0. The zero-order chi connectivity index (χ0) is 13.8. The minimum absolute atomic E-state index is 0.0193.